The van der Waals surface area contributed by atoms with Crippen molar-refractivity contribution < 1.29 is 14.4 Å². The summed E-state index contributed by atoms with van der Waals surface area (Å²) in [5.41, 5.74) is -0.0671. The van der Waals surface area contributed by atoms with Crippen molar-refractivity contribution in [2.24, 2.45) is 5.90 Å². The van der Waals surface area contributed by atoms with Gasteiger partial charge in [-0.05, 0) is 0 Å². The van der Waals surface area contributed by atoms with E-state index in [0.29, 0.717) is 0 Å². The van der Waals surface area contributed by atoms with Crippen LogP contribution in [0.5, 0.6) is 0 Å². The second-order valence-electron chi connectivity index (χ2n) is 2.33. The van der Waals surface area contributed by atoms with Crippen molar-refractivity contribution in [3.05, 3.63) is 11.8 Å². The number of nitrogens with zero attached hydrogens (tertiary/aromatic N) is 2. The lowest BCUT2D eigenvalue weighted by molar-refractivity contribution is -0.141. The fourth-order valence-corrected chi connectivity index (χ4v) is 0.881. The van der Waals surface area contributed by atoms with Crippen LogP contribution in [0.25, 0.3) is 0 Å². The van der Waals surface area contributed by atoms with E-state index in [1.54, 1.807) is 0 Å². The molecular weight excluding hydrogens is 162 g/mol. The molecule has 0 bridgehead atoms. The van der Waals surface area contributed by atoms with Gasteiger partial charge in [-0.15, -0.1) is 0 Å². The van der Waals surface area contributed by atoms with Crippen LogP contribution < -0.4 is 5.90 Å². The molecule has 0 aromatic heterocycles. The number of carbonyl (C=O) groups is 2. The number of hydrogen-bond acceptors (Lipinski definition) is 4. The highest BCUT2D eigenvalue weighted by Gasteiger charge is 2.36. The molecule has 1 saturated heterocycles. The first kappa shape index (κ1) is 8.54. The molecule has 1 heterocycles. The van der Waals surface area contributed by atoms with Crippen LogP contribution in [-0.4, -0.2) is 35.9 Å². The van der Waals surface area contributed by atoms with Crippen LogP contribution >= 0.6 is 0 Å². The van der Waals surface area contributed by atoms with Gasteiger partial charge < -0.3 is 4.84 Å². The van der Waals surface area contributed by atoms with Crippen LogP contribution in [-0.2, 0) is 14.4 Å². The highest BCUT2D eigenvalue weighted by atomic mass is 16.6. The summed E-state index contributed by atoms with van der Waals surface area (Å²) in [4.78, 5) is 26.5. The van der Waals surface area contributed by atoms with Gasteiger partial charge in [-0.3, -0.25) is 19.6 Å². The van der Waals surface area contributed by atoms with E-state index in [2.05, 4.69) is 4.84 Å². The number of amides is 2. The summed E-state index contributed by atoms with van der Waals surface area (Å²) in [7, 11) is 2.97. The maximum Gasteiger partial charge on any atom is 0.281 e. The molecule has 0 unspecified atom stereocenters. The van der Waals surface area contributed by atoms with E-state index < -0.39 is 11.8 Å². The largest absolute Gasteiger partial charge is 0.418 e. The lowest BCUT2D eigenvalue weighted by atomic mass is 10.3. The van der Waals surface area contributed by atoms with Crippen molar-refractivity contribution in [1.82, 2.24) is 10.0 Å². The SMILES string of the molecule is CN1C(=O)C(=CON)C(=O)N1C. The molecular formula is C6H9N3O3. The average Bonchev–Trinajstić information content (AvgIpc) is 2.23. The second kappa shape index (κ2) is 2.82. The van der Waals surface area contributed by atoms with Gasteiger partial charge in [-0.2, -0.15) is 5.90 Å². The normalized spacial score (nSPS) is 17.4. The fraction of sp³-hybridized carbons (Fsp3) is 0.333. The van der Waals surface area contributed by atoms with Gasteiger partial charge in [-0.25, -0.2) is 0 Å². The third kappa shape index (κ3) is 1.02. The van der Waals surface area contributed by atoms with Crippen LogP contribution in [0.2, 0.25) is 0 Å². The van der Waals surface area contributed by atoms with E-state index >= 15 is 0 Å². The number of nitrogens with two attached hydrogens (primary N) is 1. The zero-order valence-corrected chi connectivity index (χ0v) is 6.77. The topological polar surface area (TPSA) is 75.9 Å². The lowest BCUT2D eigenvalue weighted by Crippen LogP contribution is -2.33. The predicted octanol–water partition coefficient (Wildman–Crippen LogP) is -1.39. The number of hydrogen-bond donors (Lipinski definition) is 1. The van der Waals surface area contributed by atoms with E-state index in [0.717, 1.165) is 6.26 Å². The summed E-state index contributed by atoms with van der Waals surface area (Å²) in [5, 5.41) is 2.35. The first-order valence-corrected chi connectivity index (χ1v) is 3.21. The second-order valence-corrected chi connectivity index (χ2v) is 2.33. The molecule has 1 aliphatic rings. The van der Waals surface area contributed by atoms with E-state index in [4.69, 9.17) is 5.90 Å². The van der Waals surface area contributed by atoms with Gasteiger partial charge in [0.2, 0.25) is 0 Å². The number of carbonyl (C=O) groups excluding carboxylic acids is 2. The molecule has 0 saturated carbocycles. The highest BCUT2D eigenvalue weighted by Crippen LogP contribution is 2.14. The van der Waals surface area contributed by atoms with Gasteiger partial charge >= 0.3 is 0 Å². The number of hydrazine groups is 1. The average molecular weight is 171 g/mol. The van der Waals surface area contributed by atoms with Crippen molar-refractivity contribution in [2.75, 3.05) is 14.1 Å². The Kier molecular flexibility index (Phi) is 2.01. The molecule has 0 radical (unpaired) electrons. The molecule has 12 heavy (non-hydrogen) atoms. The van der Waals surface area contributed by atoms with Crippen molar-refractivity contribution >= 4 is 11.8 Å². The van der Waals surface area contributed by atoms with Crippen LogP contribution in [0.4, 0.5) is 0 Å². The molecule has 1 rings (SSSR count). The number of rotatable bonds is 1. The molecule has 0 spiro atoms. The minimum Gasteiger partial charge on any atom is -0.418 e. The highest BCUT2D eigenvalue weighted by molar-refractivity contribution is 6.22. The van der Waals surface area contributed by atoms with Crippen molar-refractivity contribution in [3.8, 4) is 0 Å². The zero-order chi connectivity index (χ0) is 9.30. The number of likely N-dealkylation sites (N-methyl/N-ethyl adjacent to an activating group) is 2. The quantitative estimate of drug-likeness (QED) is 0.228. The maximum atomic E-state index is 11.2. The first-order chi connectivity index (χ1) is 5.59. The van der Waals surface area contributed by atoms with Gasteiger partial charge in [0.05, 0.1) is 0 Å². The monoisotopic (exact) mass is 171 g/mol. The van der Waals surface area contributed by atoms with Gasteiger partial charge in [0, 0.05) is 14.1 Å². The van der Waals surface area contributed by atoms with Crippen LogP contribution in [0.15, 0.2) is 11.8 Å². The molecule has 66 valence electrons. The zero-order valence-electron chi connectivity index (χ0n) is 6.77. The first-order valence-electron chi connectivity index (χ1n) is 3.21. The third-order valence-electron chi connectivity index (χ3n) is 1.68. The van der Waals surface area contributed by atoms with Crippen molar-refractivity contribution in [3.63, 3.8) is 0 Å². The van der Waals surface area contributed by atoms with Gasteiger partial charge in [0.25, 0.3) is 11.8 Å². The van der Waals surface area contributed by atoms with E-state index in [9.17, 15) is 9.59 Å². The maximum absolute atomic E-state index is 11.2. The molecule has 0 aromatic carbocycles. The Hall–Kier alpha value is -1.56. The Bertz CT molecular complexity index is 239. The van der Waals surface area contributed by atoms with Crippen LogP contribution in [0.3, 0.4) is 0 Å². The summed E-state index contributed by atoms with van der Waals surface area (Å²) in [6.07, 6.45) is 0.935. The Labute approximate surface area is 69.1 Å². The van der Waals surface area contributed by atoms with Gasteiger partial charge in [0.1, 0.15) is 11.8 Å². The molecule has 1 fully saturated rings. The van der Waals surface area contributed by atoms with Crippen molar-refractivity contribution in [1.29, 1.82) is 0 Å². The molecule has 2 amide bonds. The standard InChI is InChI=1S/C6H9N3O3/c1-8-5(10)4(3-12-7)6(11)9(8)2/h3H,7H2,1-2H3. The van der Waals surface area contributed by atoms with Crippen molar-refractivity contribution in [2.45, 2.75) is 0 Å². The van der Waals surface area contributed by atoms with Gasteiger partial charge in [-0.1, -0.05) is 0 Å². The van der Waals surface area contributed by atoms with E-state index in [1.165, 1.54) is 24.1 Å². The Morgan fingerprint density at radius 1 is 1.25 bits per heavy atom. The summed E-state index contributed by atoms with van der Waals surface area (Å²) in [6.45, 7) is 0. The summed E-state index contributed by atoms with van der Waals surface area (Å²) in [6, 6.07) is 0. The summed E-state index contributed by atoms with van der Waals surface area (Å²) in [5.74, 6) is 3.86. The minimum absolute atomic E-state index is 0.0671. The summed E-state index contributed by atoms with van der Waals surface area (Å²) >= 11 is 0. The Morgan fingerprint density at radius 3 is 2.00 bits per heavy atom. The molecule has 6 heteroatoms. The third-order valence-corrected chi connectivity index (χ3v) is 1.68. The minimum atomic E-state index is -0.423. The lowest BCUT2D eigenvalue weighted by Gasteiger charge is -2.16. The predicted molar refractivity (Wildman–Crippen MR) is 38.9 cm³/mol. The molecule has 6 nitrogen and oxygen atoms in total. The molecule has 0 atom stereocenters. The van der Waals surface area contributed by atoms with Gasteiger partial charge in [0.15, 0.2) is 0 Å². The van der Waals surface area contributed by atoms with Crippen LogP contribution in [0.1, 0.15) is 0 Å². The van der Waals surface area contributed by atoms with E-state index in [-0.39, 0.29) is 5.57 Å². The Balaban J connectivity index is 2.99. The molecule has 2 N–H and O–H groups in total. The smallest absolute Gasteiger partial charge is 0.281 e. The van der Waals surface area contributed by atoms with Crippen LogP contribution in [0, 0.1) is 0 Å². The Morgan fingerprint density at radius 2 is 1.67 bits per heavy atom. The molecule has 1 aliphatic heterocycles. The summed E-state index contributed by atoms with van der Waals surface area (Å²) < 4.78 is 0. The molecule has 0 aromatic rings. The fourth-order valence-electron chi connectivity index (χ4n) is 0.881. The van der Waals surface area contributed by atoms with E-state index in [1.807, 2.05) is 0 Å². The molecule has 0 aliphatic carbocycles.